The first-order valence-electron chi connectivity index (χ1n) is 15.4. The Bertz CT molecular complexity index is 1850. The molecule has 17 heteroatoms. The normalized spacial score (nSPS) is 18.8. The highest BCUT2D eigenvalue weighted by atomic mass is 35.5. The number of ketones is 2. The molecule has 5 rings (SSSR count). The summed E-state index contributed by atoms with van der Waals surface area (Å²) in [6, 6.07) is 8.60. The number of halogens is 1. The van der Waals surface area contributed by atoms with Crippen LogP contribution < -0.4 is 30.1 Å². The summed E-state index contributed by atoms with van der Waals surface area (Å²) < 4.78 is 18.2. The molecule has 0 saturated carbocycles. The van der Waals surface area contributed by atoms with Gasteiger partial charge in [0.2, 0.25) is 23.2 Å². The molecule has 1 aliphatic heterocycles. The number of aliphatic hydroxyl groups excluding tert-OH is 1. The Morgan fingerprint density at radius 2 is 1.84 bits per heavy atom. The van der Waals surface area contributed by atoms with Crippen molar-refractivity contribution in [2.75, 3.05) is 38.8 Å². The Hall–Kier alpha value is -4.77. The number of hydrogen-bond donors (Lipinski definition) is 4. The van der Waals surface area contributed by atoms with Crippen LogP contribution in [0.2, 0.25) is 5.02 Å². The Morgan fingerprint density at radius 1 is 1.18 bits per heavy atom. The van der Waals surface area contributed by atoms with E-state index in [0.717, 1.165) is 15.8 Å². The van der Waals surface area contributed by atoms with Gasteiger partial charge in [0.1, 0.15) is 28.6 Å². The van der Waals surface area contributed by atoms with Crippen molar-refractivity contribution in [1.29, 1.82) is 0 Å². The SMILES string of the molecule is COc1cc(OC)c2c(c1Cl)O[C@]1(C2=O)C(O)=C(C(CC(=O)NCCNC(=O)Cn2cc(N([O-])O)cn2)c2ccc(SC)cc2)C(=O)C[C@H]1C. The number of nitrogens with one attached hydrogen (secondary N) is 2. The Balaban J connectivity index is 1.40. The lowest BCUT2D eigenvalue weighted by atomic mass is 9.69. The number of carbonyl (C=O) groups is 4. The van der Waals surface area contributed by atoms with E-state index in [0.29, 0.717) is 5.56 Å². The van der Waals surface area contributed by atoms with Crippen molar-refractivity contribution < 1.29 is 43.7 Å². The number of thioether (sulfide) groups is 1. The number of Topliss-reactive ketones (excluding diaryl/α,β-unsaturated/α-hetero) is 2. The molecule has 266 valence electrons. The maximum atomic E-state index is 14.3. The average Bonchev–Trinajstić information content (AvgIpc) is 3.69. The monoisotopic (exact) mass is 728 g/mol. The quantitative estimate of drug-likeness (QED) is 0.112. The number of fused-ring (bicyclic) bond motifs is 1. The summed E-state index contributed by atoms with van der Waals surface area (Å²) in [4.78, 5) is 54.7. The minimum atomic E-state index is -2.02. The largest absolute Gasteiger partial charge is 0.733 e. The molecule has 2 amide bonds. The highest BCUT2D eigenvalue weighted by Gasteiger charge is 2.61. The van der Waals surface area contributed by atoms with Crippen molar-refractivity contribution in [3.63, 3.8) is 0 Å². The zero-order valence-electron chi connectivity index (χ0n) is 27.5. The Labute approximate surface area is 296 Å². The summed E-state index contributed by atoms with van der Waals surface area (Å²) in [5.41, 5.74) is -1.75. The number of anilines is 1. The molecule has 2 aliphatic rings. The van der Waals surface area contributed by atoms with Crippen LogP contribution in [0.25, 0.3) is 0 Å². The molecule has 3 aromatic rings. The zero-order chi connectivity index (χ0) is 36.3. The molecule has 0 saturated heterocycles. The van der Waals surface area contributed by atoms with Gasteiger partial charge in [-0.05, 0) is 24.0 Å². The zero-order valence-corrected chi connectivity index (χ0v) is 29.1. The van der Waals surface area contributed by atoms with Crippen molar-refractivity contribution in [2.24, 2.45) is 5.92 Å². The molecule has 50 heavy (non-hydrogen) atoms. The Morgan fingerprint density at radius 3 is 2.44 bits per heavy atom. The van der Waals surface area contributed by atoms with Gasteiger partial charge in [0.25, 0.3) is 0 Å². The topological polar surface area (TPSA) is 205 Å². The number of aromatic nitrogens is 2. The molecule has 0 fully saturated rings. The van der Waals surface area contributed by atoms with Crippen molar-refractivity contribution >= 4 is 52.4 Å². The number of aliphatic hydroxyl groups is 1. The van der Waals surface area contributed by atoms with E-state index in [2.05, 4.69) is 15.7 Å². The maximum absolute atomic E-state index is 14.3. The van der Waals surface area contributed by atoms with Crippen LogP contribution in [0.1, 0.15) is 41.6 Å². The number of benzene rings is 2. The van der Waals surface area contributed by atoms with Gasteiger partial charge in [0.15, 0.2) is 17.3 Å². The minimum Gasteiger partial charge on any atom is -0.733 e. The van der Waals surface area contributed by atoms with Gasteiger partial charge in [-0.1, -0.05) is 30.7 Å². The molecule has 0 radical (unpaired) electrons. The summed E-state index contributed by atoms with van der Waals surface area (Å²) in [6.45, 7) is 1.45. The second-order valence-electron chi connectivity index (χ2n) is 11.7. The third-order valence-electron chi connectivity index (χ3n) is 8.68. The lowest BCUT2D eigenvalue weighted by Crippen LogP contribution is -2.53. The number of amides is 2. The predicted molar refractivity (Wildman–Crippen MR) is 182 cm³/mol. The smallest absolute Gasteiger partial charge is 0.241 e. The Kier molecular flexibility index (Phi) is 11.0. The molecule has 2 heterocycles. The number of ether oxygens (including phenoxy) is 3. The van der Waals surface area contributed by atoms with E-state index in [-0.39, 0.29) is 76.8 Å². The second-order valence-corrected chi connectivity index (χ2v) is 12.9. The molecular weight excluding hydrogens is 694 g/mol. The van der Waals surface area contributed by atoms with Gasteiger partial charge in [0.05, 0.1) is 32.3 Å². The van der Waals surface area contributed by atoms with Crippen molar-refractivity contribution in [2.45, 2.75) is 42.7 Å². The summed E-state index contributed by atoms with van der Waals surface area (Å²) >= 11 is 8.07. The lowest BCUT2D eigenvalue weighted by Gasteiger charge is -2.38. The molecule has 1 aromatic heterocycles. The highest BCUT2D eigenvalue weighted by molar-refractivity contribution is 7.98. The molecular formula is C33H35ClN5O10S-. The third kappa shape index (κ3) is 6.83. The number of nitrogens with zero attached hydrogens (tertiary/aromatic N) is 3. The maximum Gasteiger partial charge on any atom is 0.241 e. The van der Waals surface area contributed by atoms with E-state index in [9.17, 15) is 29.5 Å². The molecule has 15 nitrogen and oxygen atoms in total. The summed E-state index contributed by atoms with van der Waals surface area (Å²) in [6.07, 6.45) is 3.72. The first kappa shape index (κ1) is 36.5. The van der Waals surface area contributed by atoms with E-state index in [4.69, 9.17) is 31.0 Å². The fourth-order valence-electron chi connectivity index (χ4n) is 6.16. The number of carbonyl (C=O) groups excluding carboxylic acids is 4. The fourth-order valence-corrected chi connectivity index (χ4v) is 6.84. The molecule has 4 N–H and O–H groups in total. The van der Waals surface area contributed by atoms with Crippen LogP contribution in [-0.4, -0.2) is 82.6 Å². The molecule has 3 atom stereocenters. The molecule has 2 aromatic carbocycles. The highest BCUT2D eigenvalue weighted by Crippen LogP contribution is 2.55. The average molecular weight is 729 g/mol. The minimum absolute atomic E-state index is 0.000153. The van der Waals surface area contributed by atoms with Gasteiger partial charge >= 0.3 is 0 Å². The van der Waals surface area contributed by atoms with E-state index < -0.39 is 46.6 Å². The van der Waals surface area contributed by atoms with Crippen molar-refractivity contribution in [1.82, 2.24) is 20.4 Å². The predicted octanol–water partition coefficient (Wildman–Crippen LogP) is 3.81. The second kappa shape index (κ2) is 15.0. The van der Waals surface area contributed by atoms with E-state index >= 15 is 0 Å². The van der Waals surface area contributed by atoms with Crippen molar-refractivity contribution in [3.05, 3.63) is 75.4 Å². The summed E-state index contributed by atoms with van der Waals surface area (Å²) in [5.74, 6) is -4.21. The molecule has 1 unspecified atom stereocenters. The van der Waals surface area contributed by atoms with Crippen LogP contribution in [0.4, 0.5) is 5.69 Å². The lowest BCUT2D eigenvalue weighted by molar-refractivity contribution is -0.123. The number of methoxy groups -OCH3 is 2. The molecule has 1 aliphatic carbocycles. The van der Waals surface area contributed by atoms with E-state index in [1.807, 2.05) is 18.4 Å². The van der Waals surface area contributed by atoms with Crippen LogP contribution in [0, 0.1) is 11.1 Å². The summed E-state index contributed by atoms with van der Waals surface area (Å²) in [7, 11) is 2.76. The van der Waals surface area contributed by atoms with E-state index in [1.165, 1.54) is 38.2 Å². The van der Waals surface area contributed by atoms with Crippen LogP contribution >= 0.6 is 23.4 Å². The van der Waals surface area contributed by atoms with Gasteiger partial charge < -0.3 is 40.4 Å². The van der Waals surface area contributed by atoms with Gasteiger partial charge in [0, 0.05) is 54.3 Å². The van der Waals surface area contributed by atoms with Gasteiger partial charge in [-0.15, -0.1) is 11.8 Å². The van der Waals surface area contributed by atoms with Crippen LogP contribution in [0.15, 0.2) is 59.0 Å². The number of rotatable bonds is 13. The third-order valence-corrected chi connectivity index (χ3v) is 9.78. The van der Waals surface area contributed by atoms with E-state index in [1.54, 1.807) is 19.1 Å². The standard InChI is InChI=1S/C33H35ClN5O10S/c1-17-11-22(40)27(31(43)33(17)32(44)28-23(47-2)13-24(48-3)29(34)30(28)49-33)21(18-5-7-20(50-4)8-6-18)12-25(41)35-9-10-36-26(42)16-38-15-19(14-37-38)39(45)46/h5-8,13-15,17,21,43,45H,9-12,16H2,1-4H3,(H,35,41)(H,36,42)/q-1/t17-,21?,33+/m1/s1. The first-order valence-corrected chi connectivity index (χ1v) is 17.0. The molecule has 1 spiro atoms. The number of hydrogen-bond acceptors (Lipinski definition) is 13. The van der Waals surface area contributed by atoms with Gasteiger partial charge in [-0.25, -0.2) is 0 Å². The van der Waals surface area contributed by atoms with Gasteiger partial charge in [-0.2, -0.15) is 5.10 Å². The van der Waals surface area contributed by atoms with Crippen LogP contribution in [0.3, 0.4) is 0 Å². The van der Waals surface area contributed by atoms with Crippen LogP contribution in [-0.2, 0) is 20.9 Å². The number of allylic oxidation sites excluding steroid dienone is 1. The van der Waals surface area contributed by atoms with Crippen LogP contribution in [0.5, 0.6) is 17.2 Å². The first-order chi connectivity index (χ1) is 23.9. The fraction of sp³-hybridized carbons (Fsp3) is 0.364. The van der Waals surface area contributed by atoms with Gasteiger partial charge in [-0.3, -0.25) is 29.1 Å². The molecule has 0 bridgehead atoms. The van der Waals surface area contributed by atoms with Crippen molar-refractivity contribution in [3.8, 4) is 17.2 Å². The summed E-state index contributed by atoms with van der Waals surface area (Å²) in [5, 5.41) is 40.7.